The van der Waals surface area contributed by atoms with E-state index in [1.807, 2.05) is 0 Å². The summed E-state index contributed by atoms with van der Waals surface area (Å²) in [5.41, 5.74) is 0.902. The molecule has 1 aliphatic rings. The Kier molecular flexibility index (Phi) is 4.06. The maximum atomic E-state index is 13.0. The molecule has 0 saturated carbocycles. The minimum Gasteiger partial charge on any atom is -0.487 e. The van der Waals surface area contributed by atoms with Gasteiger partial charge >= 0.3 is 0 Å². The van der Waals surface area contributed by atoms with Crippen LogP contribution in [-0.2, 0) is 6.61 Å². The molecule has 0 spiro atoms. The van der Waals surface area contributed by atoms with Gasteiger partial charge in [0.2, 0.25) is 0 Å². The number of aromatic nitrogens is 2. The van der Waals surface area contributed by atoms with Crippen molar-refractivity contribution in [1.82, 2.24) is 15.1 Å². The Labute approximate surface area is 126 Å². The molecule has 1 saturated heterocycles. The number of β-amino-alcohol motifs (C(OH)–C–C–N with tert-alkyl or cyclic N) is 1. The van der Waals surface area contributed by atoms with Gasteiger partial charge in [0.05, 0.1) is 11.8 Å². The van der Waals surface area contributed by atoms with Gasteiger partial charge in [-0.1, -0.05) is 6.07 Å². The van der Waals surface area contributed by atoms with Crippen LogP contribution in [0.25, 0.3) is 0 Å². The average molecular weight is 305 g/mol. The van der Waals surface area contributed by atoms with Crippen LogP contribution in [-0.4, -0.2) is 45.3 Å². The molecule has 6 nitrogen and oxygen atoms in total. The summed E-state index contributed by atoms with van der Waals surface area (Å²) in [6, 6.07) is 7.44. The lowest BCUT2D eigenvalue weighted by atomic mass is 10.3. The van der Waals surface area contributed by atoms with E-state index >= 15 is 0 Å². The molecular formula is C15H16FN3O3. The van der Waals surface area contributed by atoms with Gasteiger partial charge in [-0.3, -0.25) is 9.89 Å². The van der Waals surface area contributed by atoms with Crippen LogP contribution in [0.5, 0.6) is 5.75 Å². The van der Waals surface area contributed by atoms with Crippen molar-refractivity contribution >= 4 is 5.91 Å². The number of hydrogen-bond donors (Lipinski definition) is 2. The van der Waals surface area contributed by atoms with E-state index in [0.29, 0.717) is 31.0 Å². The van der Waals surface area contributed by atoms with Gasteiger partial charge in [0.15, 0.2) is 5.69 Å². The zero-order chi connectivity index (χ0) is 15.5. The van der Waals surface area contributed by atoms with Crippen LogP contribution in [0.2, 0.25) is 0 Å². The van der Waals surface area contributed by atoms with Crippen molar-refractivity contribution in [3.05, 3.63) is 47.5 Å². The smallest absolute Gasteiger partial charge is 0.274 e. The molecule has 0 bridgehead atoms. The summed E-state index contributed by atoms with van der Waals surface area (Å²) in [6.45, 7) is 1.02. The van der Waals surface area contributed by atoms with Crippen LogP contribution in [0, 0.1) is 5.82 Å². The van der Waals surface area contributed by atoms with E-state index in [4.69, 9.17) is 4.74 Å². The number of carbonyl (C=O) groups excluding carboxylic acids is 1. The lowest BCUT2D eigenvalue weighted by Crippen LogP contribution is -2.29. The van der Waals surface area contributed by atoms with Crippen molar-refractivity contribution in [2.75, 3.05) is 13.1 Å². The first-order valence-corrected chi connectivity index (χ1v) is 7.02. The number of aliphatic hydroxyl groups excluding tert-OH is 1. The van der Waals surface area contributed by atoms with E-state index in [9.17, 15) is 14.3 Å². The number of aromatic amines is 1. The monoisotopic (exact) mass is 305 g/mol. The Bertz CT molecular complexity index is 674. The molecule has 3 rings (SSSR count). The number of rotatable bonds is 4. The molecule has 0 radical (unpaired) electrons. The number of H-pyrrole nitrogens is 1. The third kappa shape index (κ3) is 3.25. The number of aliphatic hydroxyl groups is 1. The lowest BCUT2D eigenvalue weighted by molar-refractivity contribution is 0.0759. The van der Waals surface area contributed by atoms with Crippen molar-refractivity contribution < 1.29 is 19.0 Å². The van der Waals surface area contributed by atoms with E-state index in [2.05, 4.69) is 10.2 Å². The van der Waals surface area contributed by atoms with Crippen LogP contribution in [0.3, 0.4) is 0 Å². The van der Waals surface area contributed by atoms with E-state index in [1.165, 1.54) is 12.1 Å². The maximum absolute atomic E-state index is 13.0. The topological polar surface area (TPSA) is 78.5 Å². The molecule has 7 heteroatoms. The number of likely N-dealkylation sites (tertiary alicyclic amines) is 1. The molecule has 2 aromatic rings. The van der Waals surface area contributed by atoms with Crippen LogP contribution < -0.4 is 4.74 Å². The number of carbonyl (C=O) groups is 1. The van der Waals surface area contributed by atoms with E-state index < -0.39 is 6.10 Å². The number of halogens is 1. The van der Waals surface area contributed by atoms with E-state index in [-0.39, 0.29) is 24.0 Å². The zero-order valence-electron chi connectivity index (χ0n) is 11.8. The Morgan fingerprint density at radius 3 is 3.09 bits per heavy atom. The number of amides is 1. The summed E-state index contributed by atoms with van der Waals surface area (Å²) >= 11 is 0. The fraction of sp³-hybridized carbons (Fsp3) is 0.333. The van der Waals surface area contributed by atoms with E-state index in [1.54, 1.807) is 23.1 Å². The normalized spacial score (nSPS) is 17.7. The fourth-order valence-electron chi connectivity index (χ4n) is 2.35. The second-order valence-corrected chi connectivity index (χ2v) is 5.22. The molecule has 1 aliphatic heterocycles. The molecule has 2 heterocycles. The summed E-state index contributed by atoms with van der Waals surface area (Å²) < 4.78 is 18.5. The van der Waals surface area contributed by atoms with Crippen molar-refractivity contribution in [3.63, 3.8) is 0 Å². The second-order valence-electron chi connectivity index (χ2n) is 5.22. The van der Waals surface area contributed by atoms with Gasteiger partial charge in [0, 0.05) is 19.2 Å². The maximum Gasteiger partial charge on any atom is 0.274 e. The Morgan fingerprint density at radius 1 is 1.50 bits per heavy atom. The van der Waals surface area contributed by atoms with Crippen molar-refractivity contribution in [3.8, 4) is 5.75 Å². The molecule has 1 aromatic carbocycles. The lowest BCUT2D eigenvalue weighted by Gasteiger charge is -2.13. The first-order valence-electron chi connectivity index (χ1n) is 7.02. The number of nitrogens with one attached hydrogen (secondary N) is 1. The molecule has 1 amide bonds. The number of hydrogen-bond acceptors (Lipinski definition) is 4. The molecule has 22 heavy (non-hydrogen) atoms. The number of nitrogens with zero attached hydrogens (tertiary/aromatic N) is 2. The second kappa shape index (κ2) is 6.15. The van der Waals surface area contributed by atoms with Gasteiger partial charge in [0.25, 0.3) is 5.91 Å². The predicted molar refractivity (Wildman–Crippen MR) is 75.8 cm³/mol. The largest absolute Gasteiger partial charge is 0.487 e. The molecule has 1 fully saturated rings. The molecule has 0 unspecified atom stereocenters. The molecule has 116 valence electrons. The minimum atomic E-state index is -0.460. The van der Waals surface area contributed by atoms with Gasteiger partial charge in [-0.25, -0.2) is 4.39 Å². The molecule has 0 aliphatic carbocycles. The van der Waals surface area contributed by atoms with Crippen LogP contribution in [0.1, 0.15) is 22.6 Å². The first kappa shape index (κ1) is 14.5. The van der Waals surface area contributed by atoms with Crippen molar-refractivity contribution in [1.29, 1.82) is 0 Å². The highest BCUT2D eigenvalue weighted by molar-refractivity contribution is 5.92. The highest BCUT2D eigenvalue weighted by Gasteiger charge is 2.26. The van der Waals surface area contributed by atoms with Crippen LogP contribution in [0.15, 0.2) is 30.3 Å². The highest BCUT2D eigenvalue weighted by Crippen LogP contribution is 2.15. The molecule has 1 atom stereocenters. The fourth-order valence-corrected chi connectivity index (χ4v) is 2.35. The summed E-state index contributed by atoms with van der Waals surface area (Å²) in [5.74, 6) is -0.180. The Morgan fingerprint density at radius 2 is 2.36 bits per heavy atom. The standard InChI is InChI=1S/C15H16FN3O3/c16-10-2-1-3-13(6-10)22-9-11-7-14(18-17-11)15(21)19-5-4-12(20)8-19/h1-3,6-7,12,20H,4-5,8-9H2,(H,17,18)/t12-/m0/s1. The summed E-state index contributed by atoms with van der Waals surface area (Å²) in [7, 11) is 0. The SMILES string of the molecule is O=C(c1cc(COc2cccc(F)c2)[nH]n1)N1CC[C@H](O)C1. The van der Waals surface area contributed by atoms with Crippen LogP contribution >= 0.6 is 0 Å². The first-order chi connectivity index (χ1) is 10.6. The minimum absolute atomic E-state index is 0.159. The summed E-state index contributed by atoms with van der Waals surface area (Å²) in [6.07, 6.45) is 0.129. The van der Waals surface area contributed by atoms with Gasteiger partial charge in [-0.2, -0.15) is 5.10 Å². The summed E-state index contributed by atoms with van der Waals surface area (Å²) in [4.78, 5) is 13.7. The molecule has 1 aromatic heterocycles. The number of benzene rings is 1. The van der Waals surface area contributed by atoms with Gasteiger partial charge in [-0.05, 0) is 24.6 Å². The van der Waals surface area contributed by atoms with E-state index in [0.717, 1.165) is 0 Å². The Hall–Kier alpha value is -2.41. The predicted octanol–water partition coefficient (Wildman–Crippen LogP) is 1.33. The van der Waals surface area contributed by atoms with Gasteiger partial charge < -0.3 is 14.7 Å². The zero-order valence-corrected chi connectivity index (χ0v) is 11.8. The quantitative estimate of drug-likeness (QED) is 0.893. The van der Waals surface area contributed by atoms with Crippen LogP contribution in [0.4, 0.5) is 4.39 Å². The third-order valence-corrected chi connectivity index (χ3v) is 3.49. The van der Waals surface area contributed by atoms with Crippen molar-refractivity contribution in [2.24, 2.45) is 0 Å². The molecular weight excluding hydrogens is 289 g/mol. The van der Waals surface area contributed by atoms with Crippen molar-refractivity contribution in [2.45, 2.75) is 19.1 Å². The van der Waals surface area contributed by atoms with Gasteiger partial charge in [0.1, 0.15) is 18.2 Å². The average Bonchev–Trinajstić information content (AvgIpc) is 3.13. The van der Waals surface area contributed by atoms with Gasteiger partial charge in [-0.15, -0.1) is 0 Å². The highest BCUT2D eigenvalue weighted by atomic mass is 19.1. The molecule has 2 N–H and O–H groups in total. The summed E-state index contributed by atoms with van der Waals surface area (Å²) in [5, 5.41) is 16.2. The third-order valence-electron chi connectivity index (χ3n) is 3.49. The Balaban J connectivity index is 1.60. The number of ether oxygens (including phenoxy) is 1.